The van der Waals surface area contributed by atoms with Crippen LogP contribution >= 0.6 is 0 Å². The van der Waals surface area contributed by atoms with Crippen LogP contribution in [0.15, 0.2) is 53.4 Å². The Hall–Kier alpha value is -3.16. The minimum absolute atomic E-state index is 0.0616. The van der Waals surface area contributed by atoms with Gasteiger partial charge in [-0.2, -0.15) is 26.3 Å². The fourth-order valence-electron chi connectivity index (χ4n) is 7.00. The molecular weight excluding hydrogens is 631 g/mol. The average molecular weight is 666 g/mol. The Labute approximate surface area is 256 Å². The molecule has 248 valence electrons. The van der Waals surface area contributed by atoms with Crippen molar-refractivity contribution in [2.24, 2.45) is 5.92 Å². The molecule has 2 aliphatic rings. The van der Waals surface area contributed by atoms with Crippen LogP contribution < -0.4 is 0 Å². The van der Waals surface area contributed by atoms with Crippen LogP contribution in [0, 0.1) is 5.92 Å². The smallest absolute Gasteiger partial charge is 0.435 e. The monoisotopic (exact) mass is 665 g/mol. The number of aliphatic carboxylic acids is 1. The summed E-state index contributed by atoms with van der Waals surface area (Å²) in [5.41, 5.74) is -7.61. The second kappa shape index (κ2) is 12.6. The standard InChI is InChI=1S/C31H34F7NO5S/c1-2-8-20(9-6-12-26(40)41)27(42)39-18-7-17-28(45(43,44)23-10-4-3-5-11-23)24-15-14-22(19-21(24)13-16-25(28)39)29(32,30(33,34)35)31(36,37)38/h3-5,10-11,14-15,19-20,25H,2,6-9,12-13,16-18H2,1H3,(H,40,41)/t20-,25?,28?/m1/s1. The first-order valence-electron chi connectivity index (χ1n) is 14.7. The van der Waals surface area contributed by atoms with Gasteiger partial charge >= 0.3 is 24.0 Å². The lowest BCUT2D eigenvalue weighted by atomic mass is 9.72. The summed E-state index contributed by atoms with van der Waals surface area (Å²) in [6.07, 6.45) is -11.6. The lowest BCUT2D eigenvalue weighted by molar-refractivity contribution is -0.348. The Morgan fingerprint density at radius 3 is 2.22 bits per heavy atom. The predicted octanol–water partition coefficient (Wildman–Crippen LogP) is 7.25. The molecule has 1 aliphatic heterocycles. The van der Waals surface area contributed by atoms with Gasteiger partial charge in [-0.3, -0.25) is 9.59 Å². The minimum atomic E-state index is -6.34. The van der Waals surface area contributed by atoms with Crippen LogP contribution in [-0.4, -0.2) is 55.2 Å². The van der Waals surface area contributed by atoms with Crippen LogP contribution in [0.4, 0.5) is 30.7 Å². The zero-order valence-corrected chi connectivity index (χ0v) is 25.2. The summed E-state index contributed by atoms with van der Waals surface area (Å²) in [6.45, 7) is 2.01. The first kappa shape index (κ1) is 34.7. The number of carbonyl (C=O) groups is 2. The first-order chi connectivity index (χ1) is 20.9. The van der Waals surface area contributed by atoms with Crippen LogP contribution in [0.3, 0.4) is 0 Å². The number of halogens is 7. The number of likely N-dealkylation sites (tertiary alicyclic amines) is 1. The molecule has 2 unspecified atom stereocenters. The maximum absolute atomic E-state index is 15.1. The largest absolute Gasteiger partial charge is 0.481 e. The van der Waals surface area contributed by atoms with Gasteiger partial charge in [0, 0.05) is 24.4 Å². The second-order valence-corrected chi connectivity index (χ2v) is 13.9. The van der Waals surface area contributed by atoms with Gasteiger partial charge in [0.15, 0.2) is 9.84 Å². The number of hydrogen-bond donors (Lipinski definition) is 1. The molecule has 0 bridgehead atoms. The highest BCUT2D eigenvalue weighted by Gasteiger charge is 2.73. The maximum Gasteiger partial charge on any atom is 0.435 e. The van der Waals surface area contributed by atoms with Crippen molar-refractivity contribution in [2.75, 3.05) is 6.54 Å². The number of alkyl halides is 7. The number of carboxylic acid groups (broad SMARTS) is 1. The van der Waals surface area contributed by atoms with E-state index in [2.05, 4.69) is 0 Å². The van der Waals surface area contributed by atoms with Crippen LogP contribution in [0.2, 0.25) is 0 Å². The molecule has 14 heteroatoms. The van der Waals surface area contributed by atoms with Crippen molar-refractivity contribution in [3.05, 3.63) is 65.2 Å². The molecule has 0 radical (unpaired) electrons. The molecule has 1 aliphatic carbocycles. The van der Waals surface area contributed by atoms with Gasteiger partial charge in [-0.15, -0.1) is 0 Å². The Kier molecular flexibility index (Phi) is 9.69. The summed E-state index contributed by atoms with van der Waals surface area (Å²) in [4.78, 5) is 26.4. The van der Waals surface area contributed by atoms with Gasteiger partial charge in [-0.1, -0.05) is 49.7 Å². The molecule has 2 aromatic rings. The van der Waals surface area contributed by atoms with Crippen molar-refractivity contribution < 1.29 is 53.8 Å². The number of nitrogens with zero attached hydrogens (tertiary/aromatic N) is 1. The minimum Gasteiger partial charge on any atom is -0.481 e. The third kappa shape index (κ3) is 5.94. The van der Waals surface area contributed by atoms with Crippen molar-refractivity contribution in [3.63, 3.8) is 0 Å². The molecule has 2 aromatic carbocycles. The number of hydrogen-bond acceptors (Lipinski definition) is 4. The van der Waals surface area contributed by atoms with Gasteiger partial charge < -0.3 is 10.0 Å². The Morgan fingerprint density at radius 1 is 1.00 bits per heavy atom. The summed E-state index contributed by atoms with van der Waals surface area (Å²) in [7, 11) is -4.44. The highest BCUT2D eigenvalue weighted by Crippen LogP contribution is 2.56. The molecule has 6 nitrogen and oxygen atoms in total. The predicted molar refractivity (Wildman–Crippen MR) is 150 cm³/mol. The number of aryl methyl sites for hydroxylation is 1. The highest BCUT2D eigenvalue weighted by atomic mass is 32.2. The van der Waals surface area contributed by atoms with E-state index in [0.29, 0.717) is 25.0 Å². The normalized spacial score (nSPS) is 21.5. The number of piperidine rings is 1. The number of fused-ring (bicyclic) bond motifs is 3. The molecule has 0 saturated carbocycles. The number of carboxylic acids is 1. The zero-order chi connectivity index (χ0) is 33.4. The molecule has 45 heavy (non-hydrogen) atoms. The van der Waals surface area contributed by atoms with Crippen molar-refractivity contribution in [2.45, 2.75) is 98.4 Å². The van der Waals surface area contributed by atoms with Crippen molar-refractivity contribution in [1.82, 2.24) is 4.90 Å². The lowest BCUT2D eigenvalue weighted by Gasteiger charge is -2.53. The van der Waals surface area contributed by atoms with Crippen LogP contribution in [0.5, 0.6) is 0 Å². The van der Waals surface area contributed by atoms with Gasteiger partial charge in [-0.05, 0) is 68.2 Å². The van der Waals surface area contributed by atoms with E-state index in [-0.39, 0.29) is 73.4 Å². The van der Waals surface area contributed by atoms with Crippen LogP contribution in [0.1, 0.15) is 75.0 Å². The first-order valence-corrected chi connectivity index (χ1v) is 16.2. The summed E-state index contributed by atoms with van der Waals surface area (Å²) in [6, 6.07) is 7.80. The van der Waals surface area contributed by atoms with Crippen molar-refractivity contribution in [1.29, 1.82) is 0 Å². The van der Waals surface area contributed by atoms with E-state index in [1.807, 2.05) is 6.92 Å². The quantitative estimate of drug-likeness (QED) is 0.270. The van der Waals surface area contributed by atoms with E-state index in [0.717, 1.165) is 6.07 Å². The molecule has 3 atom stereocenters. The van der Waals surface area contributed by atoms with E-state index in [1.54, 1.807) is 6.07 Å². The summed E-state index contributed by atoms with van der Waals surface area (Å²) >= 11 is 0. The van der Waals surface area contributed by atoms with Gasteiger partial charge in [0.25, 0.3) is 0 Å². The second-order valence-electron chi connectivity index (χ2n) is 11.7. The molecule has 4 rings (SSSR count). The van der Waals surface area contributed by atoms with E-state index in [4.69, 9.17) is 5.11 Å². The molecule has 1 N–H and O–H groups in total. The fraction of sp³-hybridized carbons (Fsp3) is 0.548. The number of amides is 1. The third-order valence-electron chi connectivity index (χ3n) is 9.03. The van der Waals surface area contributed by atoms with Crippen LogP contribution in [0.25, 0.3) is 0 Å². The SMILES string of the molecule is CCC[C@H](CCCC(=O)O)C(=O)N1CCCC2(S(=O)(=O)c3ccccc3)c3ccc(C(F)(C(F)(F)F)C(F)(F)F)cc3CCC12. The Morgan fingerprint density at radius 2 is 1.64 bits per heavy atom. The third-order valence-corrected chi connectivity index (χ3v) is 11.6. The lowest BCUT2D eigenvalue weighted by Crippen LogP contribution is -2.62. The van der Waals surface area contributed by atoms with Crippen LogP contribution in [-0.2, 0) is 36.3 Å². The van der Waals surface area contributed by atoms with Gasteiger partial charge in [0.05, 0.1) is 10.9 Å². The fourth-order valence-corrected chi connectivity index (χ4v) is 9.44. The summed E-state index contributed by atoms with van der Waals surface area (Å²) < 4.78 is 124. The topological polar surface area (TPSA) is 91.8 Å². The number of benzene rings is 2. The Balaban J connectivity index is 1.89. The molecule has 0 spiro atoms. The van der Waals surface area contributed by atoms with Gasteiger partial charge in [0.1, 0.15) is 4.75 Å². The van der Waals surface area contributed by atoms with E-state index < -0.39 is 56.1 Å². The number of rotatable bonds is 10. The number of sulfone groups is 1. The molecule has 1 heterocycles. The molecular formula is C31H34F7NO5S. The summed E-state index contributed by atoms with van der Waals surface area (Å²) in [5, 5.41) is 9.07. The number of carbonyl (C=O) groups excluding carboxylic acids is 1. The highest BCUT2D eigenvalue weighted by molar-refractivity contribution is 7.92. The van der Waals surface area contributed by atoms with E-state index >= 15 is 4.39 Å². The van der Waals surface area contributed by atoms with Gasteiger partial charge in [-0.25, -0.2) is 12.8 Å². The maximum atomic E-state index is 15.1. The summed E-state index contributed by atoms with van der Waals surface area (Å²) in [5.74, 6) is -2.02. The molecule has 0 aromatic heterocycles. The zero-order valence-electron chi connectivity index (χ0n) is 24.4. The molecule has 1 amide bonds. The molecule has 1 fully saturated rings. The van der Waals surface area contributed by atoms with E-state index in [1.165, 1.54) is 29.2 Å². The van der Waals surface area contributed by atoms with E-state index in [9.17, 15) is 44.3 Å². The van der Waals surface area contributed by atoms with Crippen molar-refractivity contribution in [3.8, 4) is 0 Å². The van der Waals surface area contributed by atoms with Crippen molar-refractivity contribution >= 4 is 21.7 Å². The average Bonchev–Trinajstić information content (AvgIpc) is 2.98. The molecule has 1 saturated heterocycles. The Bertz CT molecular complexity index is 1500. The van der Waals surface area contributed by atoms with Gasteiger partial charge in [0.2, 0.25) is 5.91 Å².